The fourth-order valence-corrected chi connectivity index (χ4v) is 4.26. The van der Waals surface area contributed by atoms with Gasteiger partial charge >= 0.3 is 0 Å². The Morgan fingerprint density at radius 3 is 2.30 bits per heavy atom. The monoisotopic (exact) mass is 446 g/mol. The van der Waals surface area contributed by atoms with Gasteiger partial charge in [0, 0.05) is 44.9 Å². The van der Waals surface area contributed by atoms with Gasteiger partial charge in [-0.1, -0.05) is 30.3 Å². The minimum atomic E-state index is -0.0455. The van der Waals surface area contributed by atoms with Crippen molar-refractivity contribution in [1.29, 1.82) is 0 Å². The van der Waals surface area contributed by atoms with Crippen molar-refractivity contribution in [2.45, 2.75) is 19.4 Å². The molecule has 0 aliphatic carbocycles. The highest BCUT2D eigenvalue weighted by Crippen LogP contribution is 2.28. The predicted octanol–water partition coefficient (Wildman–Crippen LogP) is 3.55. The summed E-state index contributed by atoms with van der Waals surface area (Å²) in [6, 6.07) is 17.7. The van der Waals surface area contributed by atoms with Crippen LogP contribution in [-0.2, 0) is 11.3 Å². The molecular weight excluding hydrogens is 416 g/mol. The molecule has 1 fully saturated rings. The van der Waals surface area contributed by atoms with E-state index in [0.29, 0.717) is 43.7 Å². The summed E-state index contributed by atoms with van der Waals surface area (Å²) in [4.78, 5) is 29.3. The molecule has 1 saturated heterocycles. The molecule has 7 heteroatoms. The van der Waals surface area contributed by atoms with Crippen molar-refractivity contribution in [1.82, 2.24) is 19.6 Å². The molecule has 1 aliphatic heterocycles. The molecule has 0 saturated carbocycles. The molecule has 0 atom stereocenters. The van der Waals surface area contributed by atoms with Crippen LogP contribution >= 0.6 is 0 Å². The Morgan fingerprint density at radius 2 is 1.70 bits per heavy atom. The second-order valence-electron chi connectivity index (χ2n) is 8.60. The average molecular weight is 447 g/mol. The van der Waals surface area contributed by atoms with Crippen molar-refractivity contribution in [2.75, 3.05) is 34.3 Å². The van der Waals surface area contributed by atoms with E-state index in [2.05, 4.69) is 0 Å². The van der Waals surface area contributed by atoms with Crippen LogP contribution in [0.3, 0.4) is 0 Å². The molecule has 0 N–H and O–H groups in total. The first kappa shape index (κ1) is 22.6. The van der Waals surface area contributed by atoms with Crippen LogP contribution in [0.1, 0.15) is 28.8 Å². The van der Waals surface area contributed by atoms with Crippen LogP contribution in [-0.4, -0.2) is 65.7 Å². The molecule has 2 amide bonds. The highest BCUT2D eigenvalue weighted by atomic mass is 16.5. The predicted molar refractivity (Wildman–Crippen MR) is 127 cm³/mol. The van der Waals surface area contributed by atoms with Crippen LogP contribution in [0.5, 0.6) is 5.75 Å². The number of methoxy groups -OCH3 is 1. The standard InChI is InChI=1S/C26H30N4O3/c1-28(2)25(31)21-13-15-29(16-14-21)26(32)23-18-30(17-19-7-5-4-6-8-19)27-24(23)20-9-11-22(33-3)12-10-20/h4-12,18,21H,13-17H2,1-3H3. The lowest BCUT2D eigenvalue weighted by Crippen LogP contribution is -2.42. The zero-order valence-electron chi connectivity index (χ0n) is 19.4. The highest BCUT2D eigenvalue weighted by molar-refractivity contribution is 6.00. The number of piperidine rings is 1. The number of benzene rings is 2. The van der Waals surface area contributed by atoms with Crippen LogP contribution in [0.2, 0.25) is 0 Å². The fourth-order valence-electron chi connectivity index (χ4n) is 4.26. The van der Waals surface area contributed by atoms with Crippen molar-refractivity contribution in [3.05, 3.63) is 71.9 Å². The number of likely N-dealkylation sites (tertiary alicyclic amines) is 1. The van der Waals surface area contributed by atoms with Gasteiger partial charge in [0.1, 0.15) is 11.4 Å². The highest BCUT2D eigenvalue weighted by Gasteiger charge is 2.30. The lowest BCUT2D eigenvalue weighted by atomic mass is 9.95. The van der Waals surface area contributed by atoms with Gasteiger partial charge in [0.15, 0.2) is 0 Å². The van der Waals surface area contributed by atoms with Gasteiger partial charge in [-0.15, -0.1) is 0 Å². The number of hydrogen-bond donors (Lipinski definition) is 0. The van der Waals surface area contributed by atoms with Crippen molar-refractivity contribution < 1.29 is 14.3 Å². The van der Waals surface area contributed by atoms with Gasteiger partial charge in [-0.25, -0.2) is 0 Å². The summed E-state index contributed by atoms with van der Waals surface area (Å²) in [5.74, 6) is 0.821. The maximum absolute atomic E-state index is 13.5. The lowest BCUT2D eigenvalue weighted by molar-refractivity contribution is -0.134. The van der Waals surface area contributed by atoms with E-state index in [-0.39, 0.29) is 17.7 Å². The molecule has 172 valence electrons. The number of aromatic nitrogens is 2. The summed E-state index contributed by atoms with van der Waals surface area (Å²) in [5, 5.41) is 4.78. The molecule has 1 aromatic heterocycles. The quantitative estimate of drug-likeness (QED) is 0.581. The Labute approximate surface area is 194 Å². The molecule has 4 rings (SSSR count). The molecule has 33 heavy (non-hydrogen) atoms. The van der Waals surface area contributed by atoms with Gasteiger partial charge in [-0.05, 0) is 42.7 Å². The summed E-state index contributed by atoms with van der Waals surface area (Å²) in [6.07, 6.45) is 3.20. The van der Waals surface area contributed by atoms with E-state index < -0.39 is 0 Å². The molecule has 2 heterocycles. The normalized spacial score (nSPS) is 14.2. The molecule has 0 unspecified atom stereocenters. The Balaban J connectivity index is 1.60. The van der Waals surface area contributed by atoms with Gasteiger partial charge in [-0.3, -0.25) is 14.3 Å². The second-order valence-corrected chi connectivity index (χ2v) is 8.60. The van der Waals surface area contributed by atoms with Crippen LogP contribution in [0, 0.1) is 5.92 Å². The molecule has 1 aliphatic rings. The summed E-state index contributed by atoms with van der Waals surface area (Å²) in [5.41, 5.74) is 3.21. The number of ether oxygens (including phenoxy) is 1. The number of rotatable bonds is 6. The molecular formula is C26H30N4O3. The van der Waals surface area contributed by atoms with Gasteiger partial charge in [0.05, 0.1) is 19.2 Å². The van der Waals surface area contributed by atoms with Gasteiger partial charge in [0.25, 0.3) is 5.91 Å². The summed E-state index contributed by atoms with van der Waals surface area (Å²) >= 11 is 0. The third-order valence-corrected chi connectivity index (χ3v) is 6.12. The van der Waals surface area contributed by atoms with Gasteiger partial charge in [-0.2, -0.15) is 5.10 Å². The third kappa shape index (κ3) is 5.08. The van der Waals surface area contributed by atoms with Crippen molar-refractivity contribution >= 4 is 11.8 Å². The zero-order chi connectivity index (χ0) is 23.4. The smallest absolute Gasteiger partial charge is 0.257 e. The minimum Gasteiger partial charge on any atom is -0.497 e. The summed E-state index contributed by atoms with van der Waals surface area (Å²) in [7, 11) is 5.19. The maximum atomic E-state index is 13.5. The first-order valence-electron chi connectivity index (χ1n) is 11.2. The maximum Gasteiger partial charge on any atom is 0.257 e. The van der Waals surface area contributed by atoms with Gasteiger partial charge in [0.2, 0.25) is 5.91 Å². The second kappa shape index (κ2) is 9.90. The average Bonchev–Trinajstić information content (AvgIpc) is 3.27. The van der Waals surface area contributed by atoms with Crippen molar-refractivity contribution in [2.24, 2.45) is 5.92 Å². The van der Waals surface area contributed by atoms with E-state index in [4.69, 9.17) is 9.84 Å². The first-order chi connectivity index (χ1) is 16.0. The molecule has 3 aromatic rings. The lowest BCUT2D eigenvalue weighted by Gasteiger charge is -2.32. The zero-order valence-corrected chi connectivity index (χ0v) is 19.4. The van der Waals surface area contributed by atoms with E-state index in [1.54, 1.807) is 26.1 Å². The number of nitrogens with zero attached hydrogens (tertiary/aromatic N) is 4. The van der Waals surface area contributed by atoms with Crippen molar-refractivity contribution in [3.8, 4) is 17.0 Å². The van der Waals surface area contributed by atoms with E-state index in [1.807, 2.05) is 70.4 Å². The van der Waals surface area contributed by atoms with Crippen LogP contribution < -0.4 is 4.74 Å². The fraction of sp³-hybridized carbons (Fsp3) is 0.346. The SMILES string of the molecule is COc1ccc(-c2nn(Cc3ccccc3)cc2C(=O)N2CCC(C(=O)N(C)C)CC2)cc1. The number of carbonyl (C=O) groups excluding carboxylic acids is 2. The largest absolute Gasteiger partial charge is 0.497 e. The van der Waals surface area contributed by atoms with Crippen LogP contribution in [0.15, 0.2) is 60.8 Å². The molecule has 0 spiro atoms. The Kier molecular flexibility index (Phi) is 6.77. The van der Waals surface area contributed by atoms with E-state index >= 15 is 0 Å². The minimum absolute atomic E-state index is 0.0223. The Bertz CT molecular complexity index is 1100. The Hall–Kier alpha value is -3.61. The first-order valence-corrected chi connectivity index (χ1v) is 11.2. The summed E-state index contributed by atoms with van der Waals surface area (Å²) in [6.45, 7) is 1.71. The Morgan fingerprint density at radius 1 is 1.03 bits per heavy atom. The number of amides is 2. The van der Waals surface area contributed by atoms with E-state index in [9.17, 15) is 9.59 Å². The van der Waals surface area contributed by atoms with E-state index in [1.165, 1.54) is 0 Å². The molecule has 2 aromatic carbocycles. The van der Waals surface area contributed by atoms with Crippen LogP contribution in [0.4, 0.5) is 0 Å². The number of hydrogen-bond acceptors (Lipinski definition) is 4. The number of carbonyl (C=O) groups is 2. The van der Waals surface area contributed by atoms with Crippen LogP contribution in [0.25, 0.3) is 11.3 Å². The molecule has 0 bridgehead atoms. The van der Waals surface area contributed by atoms with E-state index in [0.717, 1.165) is 16.9 Å². The van der Waals surface area contributed by atoms with Gasteiger partial charge < -0.3 is 14.5 Å². The topological polar surface area (TPSA) is 67.7 Å². The summed E-state index contributed by atoms with van der Waals surface area (Å²) < 4.78 is 7.10. The third-order valence-electron chi connectivity index (χ3n) is 6.12. The molecule has 7 nitrogen and oxygen atoms in total. The van der Waals surface area contributed by atoms with Crippen molar-refractivity contribution in [3.63, 3.8) is 0 Å². The molecule has 0 radical (unpaired) electrons.